The molecule has 1 amide bonds. The minimum Gasteiger partial charge on any atom is -0.478 e. The Morgan fingerprint density at radius 2 is 2.06 bits per heavy atom. The molecule has 0 saturated heterocycles. The Morgan fingerprint density at radius 3 is 2.53 bits per heavy atom. The lowest BCUT2D eigenvalue weighted by Gasteiger charge is -2.06. The van der Waals surface area contributed by atoms with Gasteiger partial charge < -0.3 is 10.4 Å². The molecule has 0 atom stereocenters. The summed E-state index contributed by atoms with van der Waals surface area (Å²) < 4.78 is 35.7. The summed E-state index contributed by atoms with van der Waals surface area (Å²) in [6.45, 7) is 1.59. The monoisotopic (exact) mass is 267 g/mol. The second-order valence-electron chi connectivity index (χ2n) is 3.25. The molecule has 0 saturated carbocycles. The van der Waals surface area contributed by atoms with Crippen LogP contribution in [0.2, 0.25) is 0 Å². The Kier molecular flexibility index (Phi) is 3.76. The van der Waals surface area contributed by atoms with Crippen LogP contribution >= 0.6 is 11.3 Å². The first-order chi connectivity index (χ1) is 7.69. The predicted octanol–water partition coefficient (Wildman–Crippen LogP) is 2.65. The van der Waals surface area contributed by atoms with Gasteiger partial charge in [0.25, 0.3) is 0 Å². The molecule has 2 N–H and O–H groups in total. The first kappa shape index (κ1) is 13.5. The lowest BCUT2D eigenvalue weighted by atomic mass is 10.3. The molecule has 0 aromatic carbocycles. The van der Waals surface area contributed by atoms with E-state index in [1.807, 2.05) is 5.32 Å². The van der Waals surface area contributed by atoms with Crippen molar-refractivity contribution in [3.8, 4) is 0 Å². The van der Waals surface area contributed by atoms with E-state index in [-0.39, 0.29) is 10.6 Å². The zero-order chi connectivity index (χ0) is 13.2. The van der Waals surface area contributed by atoms with Gasteiger partial charge in [0, 0.05) is 4.88 Å². The molecule has 0 aliphatic rings. The average molecular weight is 267 g/mol. The number of carboxylic acids is 1. The standard InChI is InChI=1S/C9H8F3NO3S/c1-4-2-5(8(15)16)7(17-4)13-6(14)3-9(10,11)12/h2H,3H2,1H3,(H,13,14)(H,15,16). The fourth-order valence-electron chi connectivity index (χ4n) is 1.12. The van der Waals surface area contributed by atoms with E-state index in [0.717, 1.165) is 11.3 Å². The Labute approximate surface area is 98.1 Å². The maximum absolute atomic E-state index is 11.9. The molecule has 0 aliphatic heterocycles. The third kappa shape index (κ3) is 4.06. The Hall–Kier alpha value is -1.57. The summed E-state index contributed by atoms with van der Waals surface area (Å²) in [7, 11) is 0. The quantitative estimate of drug-likeness (QED) is 0.884. The van der Waals surface area contributed by atoms with Crippen molar-refractivity contribution in [3.05, 3.63) is 16.5 Å². The maximum Gasteiger partial charge on any atom is 0.397 e. The number of nitrogens with one attached hydrogen (secondary N) is 1. The highest BCUT2D eigenvalue weighted by Gasteiger charge is 2.31. The van der Waals surface area contributed by atoms with E-state index in [0.29, 0.717) is 4.88 Å². The number of carbonyl (C=O) groups excluding carboxylic acids is 1. The van der Waals surface area contributed by atoms with E-state index in [4.69, 9.17) is 5.11 Å². The minimum atomic E-state index is -4.61. The topological polar surface area (TPSA) is 66.4 Å². The number of carbonyl (C=O) groups is 2. The highest BCUT2D eigenvalue weighted by atomic mass is 32.1. The zero-order valence-electron chi connectivity index (χ0n) is 8.59. The van der Waals surface area contributed by atoms with Crippen molar-refractivity contribution in [2.45, 2.75) is 19.5 Å². The Bertz CT molecular complexity index is 453. The number of carboxylic acid groups (broad SMARTS) is 1. The van der Waals surface area contributed by atoms with Crippen LogP contribution in [0.15, 0.2) is 6.07 Å². The van der Waals surface area contributed by atoms with Gasteiger partial charge in [0.15, 0.2) is 0 Å². The number of aryl methyl sites for hydroxylation is 1. The number of alkyl halides is 3. The number of aromatic carboxylic acids is 1. The lowest BCUT2D eigenvalue weighted by molar-refractivity contribution is -0.150. The number of anilines is 1. The highest BCUT2D eigenvalue weighted by molar-refractivity contribution is 7.16. The second-order valence-corrected chi connectivity index (χ2v) is 4.50. The van der Waals surface area contributed by atoms with Crippen molar-refractivity contribution in [1.29, 1.82) is 0 Å². The fraction of sp³-hybridized carbons (Fsp3) is 0.333. The van der Waals surface area contributed by atoms with Crippen molar-refractivity contribution in [3.63, 3.8) is 0 Å². The van der Waals surface area contributed by atoms with Crippen LogP contribution in [-0.4, -0.2) is 23.2 Å². The summed E-state index contributed by atoms with van der Waals surface area (Å²) in [5, 5.41) is 10.6. The van der Waals surface area contributed by atoms with Gasteiger partial charge in [-0.3, -0.25) is 4.79 Å². The van der Waals surface area contributed by atoms with Crippen LogP contribution in [0, 0.1) is 6.92 Å². The predicted molar refractivity (Wildman–Crippen MR) is 55.3 cm³/mol. The smallest absolute Gasteiger partial charge is 0.397 e. The molecule has 0 spiro atoms. The van der Waals surface area contributed by atoms with Gasteiger partial charge in [-0.1, -0.05) is 0 Å². The molecule has 0 radical (unpaired) electrons. The van der Waals surface area contributed by atoms with Gasteiger partial charge in [-0.2, -0.15) is 13.2 Å². The van der Waals surface area contributed by atoms with Gasteiger partial charge in [-0.15, -0.1) is 11.3 Å². The van der Waals surface area contributed by atoms with Crippen LogP contribution in [0.3, 0.4) is 0 Å². The molecule has 17 heavy (non-hydrogen) atoms. The summed E-state index contributed by atoms with van der Waals surface area (Å²) in [4.78, 5) is 22.3. The van der Waals surface area contributed by atoms with E-state index in [1.54, 1.807) is 6.92 Å². The van der Waals surface area contributed by atoms with Crippen molar-refractivity contribution >= 4 is 28.2 Å². The van der Waals surface area contributed by atoms with E-state index in [2.05, 4.69) is 0 Å². The van der Waals surface area contributed by atoms with Crippen molar-refractivity contribution in [2.24, 2.45) is 0 Å². The van der Waals surface area contributed by atoms with E-state index in [1.165, 1.54) is 6.07 Å². The van der Waals surface area contributed by atoms with Gasteiger partial charge in [0.1, 0.15) is 11.4 Å². The number of hydrogen-bond acceptors (Lipinski definition) is 3. The van der Waals surface area contributed by atoms with Crippen LogP contribution in [0.4, 0.5) is 18.2 Å². The van der Waals surface area contributed by atoms with Crippen LogP contribution < -0.4 is 5.32 Å². The SMILES string of the molecule is Cc1cc(C(=O)O)c(NC(=O)CC(F)(F)F)s1. The molecule has 94 valence electrons. The largest absolute Gasteiger partial charge is 0.478 e. The number of halogens is 3. The number of hydrogen-bond donors (Lipinski definition) is 2. The lowest BCUT2D eigenvalue weighted by Crippen LogP contribution is -2.21. The molecule has 0 bridgehead atoms. The van der Waals surface area contributed by atoms with Gasteiger partial charge in [0.05, 0.1) is 5.56 Å². The van der Waals surface area contributed by atoms with E-state index < -0.39 is 24.5 Å². The summed E-state index contributed by atoms with van der Waals surface area (Å²) >= 11 is 0.917. The third-order valence-electron chi connectivity index (χ3n) is 1.70. The van der Waals surface area contributed by atoms with E-state index >= 15 is 0 Å². The maximum atomic E-state index is 11.9. The third-order valence-corrected chi connectivity index (χ3v) is 2.67. The van der Waals surface area contributed by atoms with Crippen LogP contribution in [0.25, 0.3) is 0 Å². The summed E-state index contributed by atoms with van der Waals surface area (Å²) in [6.07, 6.45) is -6.25. The molecular weight excluding hydrogens is 259 g/mol. The average Bonchev–Trinajstić information content (AvgIpc) is 2.42. The van der Waals surface area contributed by atoms with Crippen LogP contribution in [0.1, 0.15) is 21.7 Å². The number of amides is 1. The summed E-state index contributed by atoms with van der Waals surface area (Å²) in [6, 6.07) is 1.29. The highest BCUT2D eigenvalue weighted by Crippen LogP contribution is 2.28. The number of thiophene rings is 1. The van der Waals surface area contributed by atoms with Crippen molar-refractivity contribution in [1.82, 2.24) is 0 Å². The van der Waals surface area contributed by atoms with E-state index in [9.17, 15) is 22.8 Å². The molecule has 0 aliphatic carbocycles. The van der Waals surface area contributed by atoms with Gasteiger partial charge in [0.2, 0.25) is 5.91 Å². The second kappa shape index (κ2) is 4.74. The molecule has 4 nitrogen and oxygen atoms in total. The summed E-state index contributed by atoms with van der Waals surface area (Å²) in [5.41, 5.74) is -0.206. The molecule has 1 rings (SSSR count). The first-order valence-corrected chi connectivity index (χ1v) is 5.21. The zero-order valence-corrected chi connectivity index (χ0v) is 9.41. The molecule has 0 unspecified atom stereocenters. The van der Waals surface area contributed by atoms with Crippen LogP contribution in [0.5, 0.6) is 0 Å². The molecule has 1 heterocycles. The molecule has 1 aromatic rings. The van der Waals surface area contributed by atoms with Crippen molar-refractivity contribution in [2.75, 3.05) is 5.32 Å². The van der Waals surface area contributed by atoms with Gasteiger partial charge >= 0.3 is 12.1 Å². The molecular formula is C9H8F3NO3S. The molecule has 8 heteroatoms. The van der Waals surface area contributed by atoms with Gasteiger partial charge in [-0.05, 0) is 13.0 Å². The summed E-state index contributed by atoms with van der Waals surface area (Å²) in [5.74, 6) is -2.57. The van der Waals surface area contributed by atoms with Gasteiger partial charge in [-0.25, -0.2) is 4.79 Å². The Balaban J connectivity index is 2.81. The Morgan fingerprint density at radius 1 is 1.47 bits per heavy atom. The first-order valence-electron chi connectivity index (χ1n) is 4.39. The normalized spacial score (nSPS) is 11.3. The molecule has 0 fully saturated rings. The molecule has 1 aromatic heterocycles. The minimum absolute atomic E-state index is 0.0794. The number of rotatable bonds is 3. The van der Waals surface area contributed by atoms with Crippen LogP contribution in [-0.2, 0) is 4.79 Å². The van der Waals surface area contributed by atoms with Crippen molar-refractivity contribution < 1.29 is 27.9 Å². The fourth-order valence-corrected chi connectivity index (χ4v) is 2.04.